The highest BCUT2D eigenvalue weighted by Gasteiger charge is 2.21. The molecular formula is C11H10O2. The highest BCUT2D eigenvalue weighted by molar-refractivity contribution is 5.47. The molecule has 0 spiro atoms. The Morgan fingerprint density at radius 2 is 2.38 bits per heavy atom. The van der Waals surface area contributed by atoms with Crippen molar-refractivity contribution in [2.45, 2.75) is 0 Å². The number of rotatable bonds is 1. The third-order valence-electron chi connectivity index (χ3n) is 2.09. The number of hydrogen-bond donors (Lipinski definition) is 1. The molecule has 1 unspecified atom stereocenters. The summed E-state index contributed by atoms with van der Waals surface area (Å²) in [5.74, 6) is 0.640. The number of aliphatic hydroxyl groups is 1. The largest absolute Gasteiger partial charge is 0.507 e. The second kappa shape index (κ2) is 2.98. The van der Waals surface area contributed by atoms with Crippen LogP contribution in [0.15, 0.2) is 60.3 Å². The Balaban J connectivity index is 2.44. The van der Waals surface area contributed by atoms with Crippen molar-refractivity contribution in [1.82, 2.24) is 0 Å². The lowest BCUT2D eigenvalue weighted by Crippen LogP contribution is -2.09. The summed E-state index contributed by atoms with van der Waals surface area (Å²) in [6.45, 7) is 3.63. The molecule has 0 amide bonds. The van der Waals surface area contributed by atoms with Crippen molar-refractivity contribution in [2.24, 2.45) is 5.92 Å². The average Bonchev–Trinajstić information content (AvgIpc) is 2.19. The Morgan fingerprint density at radius 1 is 1.54 bits per heavy atom. The minimum absolute atomic E-state index is 0.126. The third-order valence-corrected chi connectivity index (χ3v) is 2.09. The van der Waals surface area contributed by atoms with Gasteiger partial charge in [0.15, 0.2) is 5.76 Å². The zero-order chi connectivity index (χ0) is 9.26. The standard InChI is InChI=1S/C11H10O2/c1-2-8-5-6-9-4-3-7-13-11(9)10(8)12/h2-8,12H,1H2. The summed E-state index contributed by atoms with van der Waals surface area (Å²) in [4.78, 5) is 0. The van der Waals surface area contributed by atoms with E-state index in [1.165, 1.54) is 0 Å². The van der Waals surface area contributed by atoms with Gasteiger partial charge in [-0.1, -0.05) is 18.2 Å². The lowest BCUT2D eigenvalue weighted by Gasteiger charge is -2.20. The van der Waals surface area contributed by atoms with Crippen LogP contribution in [0.4, 0.5) is 0 Å². The Labute approximate surface area is 76.8 Å². The molecule has 2 aliphatic rings. The molecule has 1 atom stereocenters. The molecule has 1 heterocycles. The quantitative estimate of drug-likeness (QED) is 0.619. The molecule has 0 saturated heterocycles. The van der Waals surface area contributed by atoms with Crippen molar-refractivity contribution in [3.8, 4) is 0 Å². The van der Waals surface area contributed by atoms with Gasteiger partial charge in [0, 0.05) is 5.57 Å². The molecule has 13 heavy (non-hydrogen) atoms. The van der Waals surface area contributed by atoms with Crippen LogP contribution in [-0.4, -0.2) is 5.11 Å². The van der Waals surface area contributed by atoms with Gasteiger partial charge in [-0.05, 0) is 12.2 Å². The van der Waals surface area contributed by atoms with Crippen molar-refractivity contribution in [1.29, 1.82) is 0 Å². The third kappa shape index (κ3) is 1.20. The summed E-state index contributed by atoms with van der Waals surface area (Å²) in [6, 6.07) is 0. The van der Waals surface area contributed by atoms with Crippen molar-refractivity contribution >= 4 is 0 Å². The summed E-state index contributed by atoms with van der Waals surface area (Å²) < 4.78 is 5.21. The molecule has 0 aromatic carbocycles. The minimum Gasteiger partial charge on any atom is -0.507 e. The van der Waals surface area contributed by atoms with Gasteiger partial charge in [-0.2, -0.15) is 0 Å². The zero-order valence-electron chi connectivity index (χ0n) is 7.10. The van der Waals surface area contributed by atoms with Gasteiger partial charge in [0.1, 0.15) is 5.76 Å². The van der Waals surface area contributed by atoms with E-state index in [1.54, 1.807) is 18.4 Å². The first kappa shape index (κ1) is 7.92. The summed E-state index contributed by atoms with van der Waals surface area (Å²) in [5, 5.41) is 9.72. The normalized spacial score (nSPS) is 24.9. The van der Waals surface area contributed by atoms with Crippen LogP contribution in [0, 0.1) is 5.92 Å². The van der Waals surface area contributed by atoms with Crippen LogP contribution in [-0.2, 0) is 4.74 Å². The van der Waals surface area contributed by atoms with E-state index in [0.717, 1.165) is 5.57 Å². The fourth-order valence-electron chi connectivity index (χ4n) is 1.37. The summed E-state index contributed by atoms with van der Waals surface area (Å²) >= 11 is 0. The molecule has 0 aromatic heterocycles. The lowest BCUT2D eigenvalue weighted by molar-refractivity contribution is 0.283. The molecule has 2 rings (SSSR count). The average molecular weight is 174 g/mol. The first-order chi connectivity index (χ1) is 6.33. The van der Waals surface area contributed by atoms with Crippen LogP contribution in [0.5, 0.6) is 0 Å². The van der Waals surface area contributed by atoms with Crippen LogP contribution in [0.25, 0.3) is 0 Å². The SMILES string of the molecule is C=CC1C=CC2=CC=COC2=C1O. The molecule has 1 aliphatic carbocycles. The highest BCUT2D eigenvalue weighted by Crippen LogP contribution is 2.30. The Kier molecular flexibility index (Phi) is 1.81. The van der Waals surface area contributed by atoms with E-state index in [9.17, 15) is 5.11 Å². The van der Waals surface area contributed by atoms with E-state index in [4.69, 9.17) is 4.74 Å². The minimum atomic E-state index is -0.126. The van der Waals surface area contributed by atoms with E-state index in [-0.39, 0.29) is 11.7 Å². The predicted molar refractivity (Wildman–Crippen MR) is 50.8 cm³/mol. The van der Waals surface area contributed by atoms with Gasteiger partial charge in [-0.15, -0.1) is 6.58 Å². The number of fused-ring (bicyclic) bond motifs is 1. The zero-order valence-corrected chi connectivity index (χ0v) is 7.10. The Bertz CT molecular complexity index is 356. The van der Waals surface area contributed by atoms with Gasteiger partial charge in [0.05, 0.1) is 12.2 Å². The van der Waals surface area contributed by atoms with Crippen LogP contribution in [0.1, 0.15) is 0 Å². The van der Waals surface area contributed by atoms with Crippen molar-refractivity contribution in [2.75, 3.05) is 0 Å². The molecule has 1 N–H and O–H groups in total. The second-order valence-corrected chi connectivity index (χ2v) is 2.90. The topological polar surface area (TPSA) is 29.5 Å². The van der Waals surface area contributed by atoms with Gasteiger partial charge < -0.3 is 9.84 Å². The first-order valence-corrected chi connectivity index (χ1v) is 4.10. The molecule has 0 bridgehead atoms. The highest BCUT2D eigenvalue weighted by atomic mass is 16.5. The number of ether oxygens (including phenoxy) is 1. The van der Waals surface area contributed by atoms with E-state index in [0.29, 0.717) is 5.76 Å². The van der Waals surface area contributed by atoms with Gasteiger partial charge in [0.2, 0.25) is 0 Å². The molecule has 66 valence electrons. The monoisotopic (exact) mass is 174 g/mol. The van der Waals surface area contributed by atoms with E-state index in [2.05, 4.69) is 6.58 Å². The van der Waals surface area contributed by atoms with Crippen LogP contribution < -0.4 is 0 Å². The number of allylic oxidation sites excluding steroid dienone is 4. The molecule has 0 fully saturated rings. The van der Waals surface area contributed by atoms with E-state index >= 15 is 0 Å². The Hall–Kier alpha value is -1.70. The van der Waals surface area contributed by atoms with Crippen LogP contribution in [0.3, 0.4) is 0 Å². The van der Waals surface area contributed by atoms with Crippen molar-refractivity contribution < 1.29 is 9.84 Å². The maximum Gasteiger partial charge on any atom is 0.171 e. The van der Waals surface area contributed by atoms with Gasteiger partial charge in [-0.3, -0.25) is 0 Å². The molecule has 0 radical (unpaired) electrons. The maximum absolute atomic E-state index is 9.72. The predicted octanol–water partition coefficient (Wildman–Crippen LogP) is 2.60. The smallest absolute Gasteiger partial charge is 0.171 e. The van der Waals surface area contributed by atoms with Crippen LogP contribution >= 0.6 is 0 Å². The fraction of sp³-hybridized carbons (Fsp3) is 0.0909. The van der Waals surface area contributed by atoms with Crippen molar-refractivity contribution in [3.05, 3.63) is 60.3 Å². The maximum atomic E-state index is 9.72. The first-order valence-electron chi connectivity index (χ1n) is 4.10. The molecule has 0 saturated carbocycles. The second-order valence-electron chi connectivity index (χ2n) is 2.90. The summed E-state index contributed by atoms with van der Waals surface area (Å²) in [5.41, 5.74) is 0.901. The lowest BCUT2D eigenvalue weighted by atomic mass is 9.95. The fourth-order valence-corrected chi connectivity index (χ4v) is 1.37. The van der Waals surface area contributed by atoms with Crippen LogP contribution in [0.2, 0.25) is 0 Å². The molecular weight excluding hydrogens is 164 g/mol. The number of aliphatic hydroxyl groups excluding tert-OH is 1. The number of hydrogen-bond acceptors (Lipinski definition) is 2. The van der Waals surface area contributed by atoms with Gasteiger partial charge >= 0.3 is 0 Å². The van der Waals surface area contributed by atoms with E-state index < -0.39 is 0 Å². The summed E-state index contributed by atoms with van der Waals surface area (Å²) in [7, 11) is 0. The van der Waals surface area contributed by atoms with Crippen molar-refractivity contribution in [3.63, 3.8) is 0 Å². The molecule has 1 aliphatic heterocycles. The van der Waals surface area contributed by atoms with Gasteiger partial charge in [0.25, 0.3) is 0 Å². The Morgan fingerprint density at radius 3 is 3.15 bits per heavy atom. The molecule has 2 heteroatoms. The molecule has 0 aromatic rings. The van der Waals surface area contributed by atoms with E-state index in [1.807, 2.05) is 18.2 Å². The van der Waals surface area contributed by atoms with Gasteiger partial charge in [-0.25, -0.2) is 0 Å². The molecule has 2 nitrogen and oxygen atoms in total. The summed E-state index contributed by atoms with van der Waals surface area (Å²) in [6.07, 6.45) is 10.7.